The topological polar surface area (TPSA) is 40.5 Å². The summed E-state index contributed by atoms with van der Waals surface area (Å²) in [5.74, 6) is 6.27. The van der Waals surface area contributed by atoms with E-state index in [1.807, 2.05) is 31.2 Å². The number of carboxylic acids is 1. The zero-order chi connectivity index (χ0) is 24.1. The van der Waals surface area contributed by atoms with E-state index in [-0.39, 0.29) is 30.3 Å². The molecule has 1 aliphatic heterocycles. The van der Waals surface area contributed by atoms with Crippen LogP contribution < -0.4 is 0 Å². The molecule has 1 aliphatic carbocycles. The Balaban J connectivity index is 1.71. The third-order valence-electron chi connectivity index (χ3n) is 6.96. The van der Waals surface area contributed by atoms with Gasteiger partial charge in [-0.25, -0.2) is 4.39 Å². The third kappa shape index (κ3) is 5.66. The van der Waals surface area contributed by atoms with Gasteiger partial charge in [-0.15, -0.1) is 0 Å². The molecular weight excluding hydrogens is 425 g/mol. The maximum Gasteiger partial charge on any atom is 0.303 e. The molecule has 1 unspecified atom stereocenters. The molecule has 176 valence electrons. The molecule has 4 heteroatoms. The van der Waals surface area contributed by atoms with Crippen LogP contribution in [0.3, 0.4) is 0 Å². The molecule has 1 N–H and O–H groups in total. The van der Waals surface area contributed by atoms with Gasteiger partial charge in [-0.3, -0.25) is 9.69 Å². The van der Waals surface area contributed by atoms with Crippen molar-refractivity contribution in [2.24, 2.45) is 11.8 Å². The first-order chi connectivity index (χ1) is 16.4. The SMILES string of the molecule is C=C(C)C#C[C@@H](c1ccc2ccccc2c1)N1CC[C@H](CC(=O)O)C[C@@H]1C1C=CC(CF)=CC1. The summed E-state index contributed by atoms with van der Waals surface area (Å²) in [5.41, 5.74) is 2.67. The second-order valence-electron chi connectivity index (χ2n) is 9.52. The fraction of sp³-hybridized carbons (Fsp3) is 0.367. The molecule has 0 radical (unpaired) electrons. The van der Waals surface area contributed by atoms with E-state index >= 15 is 0 Å². The number of halogens is 1. The summed E-state index contributed by atoms with van der Waals surface area (Å²) in [7, 11) is 0. The molecule has 1 fully saturated rings. The summed E-state index contributed by atoms with van der Waals surface area (Å²) in [6.07, 6.45) is 8.54. The zero-order valence-corrected chi connectivity index (χ0v) is 19.7. The first-order valence-electron chi connectivity index (χ1n) is 12.0. The van der Waals surface area contributed by atoms with Gasteiger partial charge in [-0.2, -0.15) is 0 Å². The smallest absolute Gasteiger partial charge is 0.303 e. The summed E-state index contributed by atoms with van der Waals surface area (Å²) >= 11 is 0. The number of carbonyl (C=O) groups is 1. The van der Waals surface area contributed by atoms with Crippen LogP contribution in [0.2, 0.25) is 0 Å². The average molecular weight is 458 g/mol. The molecule has 1 saturated heterocycles. The third-order valence-corrected chi connectivity index (χ3v) is 6.96. The van der Waals surface area contributed by atoms with Crippen LogP contribution >= 0.6 is 0 Å². The monoisotopic (exact) mass is 457 g/mol. The highest BCUT2D eigenvalue weighted by molar-refractivity contribution is 5.83. The molecular formula is C30H32FNO2. The van der Waals surface area contributed by atoms with Crippen LogP contribution in [0, 0.1) is 23.7 Å². The molecule has 0 aromatic heterocycles. The van der Waals surface area contributed by atoms with E-state index in [0.717, 1.165) is 36.9 Å². The molecule has 2 aromatic carbocycles. The number of aliphatic carboxylic acids is 1. The van der Waals surface area contributed by atoms with Crippen LogP contribution in [0.4, 0.5) is 4.39 Å². The van der Waals surface area contributed by atoms with Gasteiger partial charge in [-0.1, -0.05) is 73.0 Å². The maximum absolute atomic E-state index is 13.2. The van der Waals surface area contributed by atoms with E-state index in [1.165, 1.54) is 10.8 Å². The van der Waals surface area contributed by atoms with Crippen molar-refractivity contribution in [3.05, 3.63) is 84.0 Å². The van der Waals surface area contributed by atoms with Crippen molar-refractivity contribution in [1.82, 2.24) is 4.90 Å². The lowest BCUT2D eigenvalue weighted by molar-refractivity contribution is -0.138. The quantitative estimate of drug-likeness (QED) is 0.504. The molecule has 3 nitrogen and oxygen atoms in total. The van der Waals surface area contributed by atoms with Gasteiger partial charge in [0.15, 0.2) is 0 Å². The Morgan fingerprint density at radius 1 is 1.26 bits per heavy atom. The van der Waals surface area contributed by atoms with Crippen molar-refractivity contribution < 1.29 is 14.3 Å². The molecule has 2 aromatic rings. The summed E-state index contributed by atoms with van der Waals surface area (Å²) in [6.45, 7) is 6.20. The van der Waals surface area contributed by atoms with Crippen molar-refractivity contribution in [2.45, 2.75) is 44.7 Å². The largest absolute Gasteiger partial charge is 0.481 e. The summed E-state index contributed by atoms with van der Waals surface area (Å²) in [4.78, 5) is 13.9. The molecule has 4 rings (SSSR count). The normalized spacial score (nSPS) is 23.6. The standard InChI is InChI=1S/C30H32FNO2/c1-21(2)7-14-28(27-13-12-24-5-3-4-6-26(24)19-27)32-16-15-23(18-30(33)34)17-29(32)25-10-8-22(20-31)9-11-25/h3-6,8-10,12-13,19,23,25,28-29H,1,11,15-18,20H2,2H3,(H,33,34)/t23-,25?,28-,29+/m0/s1. The number of fused-ring (bicyclic) bond motifs is 1. The lowest BCUT2D eigenvalue weighted by atomic mass is 9.78. The van der Waals surface area contributed by atoms with E-state index in [1.54, 1.807) is 0 Å². The molecule has 0 amide bonds. The number of carboxylic acid groups (broad SMARTS) is 1. The second-order valence-corrected chi connectivity index (χ2v) is 9.52. The molecule has 4 atom stereocenters. The van der Waals surface area contributed by atoms with Crippen LogP contribution in [0.5, 0.6) is 0 Å². The van der Waals surface area contributed by atoms with Crippen LogP contribution in [0.25, 0.3) is 10.8 Å². The molecule has 0 saturated carbocycles. The van der Waals surface area contributed by atoms with Crippen LogP contribution in [0.15, 0.2) is 78.4 Å². The van der Waals surface area contributed by atoms with Gasteiger partial charge in [0.25, 0.3) is 0 Å². The first-order valence-corrected chi connectivity index (χ1v) is 12.0. The fourth-order valence-electron chi connectivity index (χ4n) is 5.26. The number of alkyl halides is 1. The Morgan fingerprint density at radius 3 is 2.74 bits per heavy atom. The zero-order valence-electron chi connectivity index (χ0n) is 19.7. The highest BCUT2D eigenvalue weighted by Crippen LogP contribution is 2.39. The van der Waals surface area contributed by atoms with Gasteiger partial charge in [0.1, 0.15) is 6.67 Å². The number of allylic oxidation sites excluding steroid dienone is 4. The molecule has 2 aliphatic rings. The molecule has 0 bridgehead atoms. The Labute approximate surface area is 201 Å². The maximum atomic E-state index is 13.2. The number of hydrogen-bond acceptors (Lipinski definition) is 2. The van der Waals surface area contributed by atoms with E-state index in [0.29, 0.717) is 5.57 Å². The van der Waals surface area contributed by atoms with Gasteiger partial charge in [0, 0.05) is 19.0 Å². The summed E-state index contributed by atoms with van der Waals surface area (Å²) in [6, 6.07) is 14.8. The fourth-order valence-corrected chi connectivity index (χ4v) is 5.26. The summed E-state index contributed by atoms with van der Waals surface area (Å²) in [5, 5.41) is 11.8. The Bertz CT molecular complexity index is 1180. The van der Waals surface area contributed by atoms with Gasteiger partial charge in [-0.05, 0) is 71.6 Å². The minimum atomic E-state index is -0.746. The lowest BCUT2D eigenvalue weighted by Crippen LogP contribution is -2.48. The highest BCUT2D eigenvalue weighted by atomic mass is 19.1. The minimum absolute atomic E-state index is 0.127. The van der Waals surface area contributed by atoms with Gasteiger partial charge < -0.3 is 5.11 Å². The van der Waals surface area contributed by atoms with E-state index < -0.39 is 12.6 Å². The van der Waals surface area contributed by atoms with Crippen molar-refractivity contribution in [3.8, 4) is 11.8 Å². The van der Waals surface area contributed by atoms with Crippen LogP contribution in [0.1, 0.15) is 44.2 Å². The van der Waals surface area contributed by atoms with Crippen LogP contribution in [-0.4, -0.2) is 35.2 Å². The Morgan fingerprint density at radius 2 is 2.06 bits per heavy atom. The van der Waals surface area contributed by atoms with E-state index in [2.05, 4.69) is 59.7 Å². The average Bonchev–Trinajstić information content (AvgIpc) is 2.84. The molecule has 1 heterocycles. The minimum Gasteiger partial charge on any atom is -0.481 e. The number of piperidine rings is 1. The predicted octanol–water partition coefficient (Wildman–Crippen LogP) is 6.49. The van der Waals surface area contributed by atoms with Crippen molar-refractivity contribution in [1.29, 1.82) is 0 Å². The number of nitrogens with zero attached hydrogens (tertiary/aromatic N) is 1. The van der Waals surface area contributed by atoms with E-state index in [9.17, 15) is 14.3 Å². The van der Waals surface area contributed by atoms with Gasteiger partial charge in [0.2, 0.25) is 0 Å². The number of hydrogen-bond donors (Lipinski definition) is 1. The first kappa shape index (κ1) is 24.0. The van der Waals surface area contributed by atoms with Crippen LogP contribution in [-0.2, 0) is 4.79 Å². The number of rotatable bonds is 6. The molecule has 34 heavy (non-hydrogen) atoms. The van der Waals surface area contributed by atoms with Gasteiger partial charge >= 0.3 is 5.97 Å². The Kier molecular flexibility index (Phi) is 7.65. The predicted molar refractivity (Wildman–Crippen MR) is 136 cm³/mol. The lowest BCUT2D eigenvalue weighted by Gasteiger charge is -2.45. The van der Waals surface area contributed by atoms with Crippen molar-refractivity contribution in [2.75, 3.05) is 13.2 Å². The summed E-state index contributed by atoms with van der Waals surface area (Å²) < 4.78 is 13.2. The molecule has 0 spiro atoms. The second kappa shape index (κ2) is 10.8. The highest BCUT2D eigenvalue weighted by Gasteiger charge is 2.37. The number of benzene rings is 2. The van der Waals surface area contributed by atoms with Crippen molar-refractivity contribution in [3.63, 3.8) is 0 Å². The van der Waals surface area contributed by atoms with Crippen molar-refractivity contribution >= 4 is 16.7 Å². The van der Waals surface area contributed by atoms with Gasteiger partial charge in [0.05, 0.1) is 6.04 Å². The van der Waals surface area contributed by atoms with E-state index in [4.69, 9.17) is 0 Å². The Hall–Kier alpha value is -3.16. The number of likely N-dealkylation sites (tertiary alicyclic amines) is 1.